The van der Waals surface area contributed by atoms with Gasteiger partial charge in [0, 0.05) is 0 Å². The highest BCUT2D eigenvalue weighted by atomic mass is 14.1. The molecule has 70 valence electrons. The molecule has 0 saturated carbocycles. The Morgan fingerprint density at radius 3 is 2.00 bits per heavy atom. The van der Waals surface area contributed by atoms with Crippen LogP contribution in [0.1, 0.15) is 50.7 Å². The van der Waals surface area contributed by atoms with Gasteiger partial charge >= 0.3 is 0 Å². The smallest absolute Gasteiger partial charge is 0.0853 e. The van der Waals surface area contributed by atoms with Crippen LogP contribution in [0.25, 0.3) is 0 Å². The molecular weight excluding hydrogens is 155 g/mol. The fraction of sp³-hybridized carbons (Fsp3) is 0.500. The van der Waals surface area contributed by atoms with Gasteiger partial charge in [-0.15, -0.1) is 0 Å². The molecule has 0 heterocycles. The molecule has 0 radical (unpaired) electrons. The number of hydrogen-bond acceptors (Lipinski definition) is 0. The Morgan fingerprint density at radius 2 is 1.62 bits per heavy atom. The van der Waals surface area contributed by atoms with Gasteiger partial charge in [-0.25, -0.2) is 0 Å². The molecule has 1 rings (SSSR count). The lowest BCUT2D eigenvalue weighted by atomic mass is 9.80. The van der Waals surface area contributed by atoms with Crippen LogP contribution in [0.4, 0.5) is 0 Å². The highest BCUT2D eigenvalue weighted by molar-refractivity contribution is 6.33. The van der Waals surface area contributed by atoms with Crippen molar-refractivity contribution in [1.29, 1.82) is 0 Å². The summed E-state index contributed by atoms with van der Waals surface area (Å²) in [5.74, 6) is 1.27. The van der Waals surface area contributed by atoms with Gasteiger partial charge in [-0.3, -0.25) is 0 Å². The van der Waals surface area contributed by atoms with E-state index in [1.165, 1.54) is 16.6 Å². The van der Waals surface area contributed by atoms with Crippen LogP contribution in [0, 0.1) is 0 Å². The van der Waals surface area contributed by atoms with Crippen molar-refractivity contribution >= 4 is 13.3 Å². The molecule has 0 aliphatic rings. The molecule has 0 fully saturated rings. The predicted molar refractivity (Wildman–Crippen MR) is 62.8 cm³/mol. The highest BCUT2D eigenvalue weighted by Gasteiger charge is 2.10. The van der Waals surface area contributed by atoms with E-state index in [1.54, 1.807) is 0 Å². The summed E-state index contributed by atoms with van der Waals surface area (Å²) >= 11 is 0. The minimum Gasteiger partial charge on any atom is -0.0853 e. The molecule has 1 heteroatoms. The van der Waals surface area contributed by atoms with Crippen molar-refractivity contribution in [3.05, 3.63) is 29.3 Å². The van der Waals surface area contributed by atoms with Crippen LogP contribution in [0.15, 0.2) is 18.2 Å². The summed E-state index contributed by atoms with van der Waals surface area (Å²) in [4.78, 5) is 0. The average Bonchev–Trinajstić information content (AvgIpc) is 2.02. The first-order valence-corrected chi connectivity index (χ1v) is 5.13. The monoisotopic (exact) mass is 174 g/mol. The topological polar surface area (TPSA) is 0 Å². The van der Waals surface area contributed by atoms with Gasteiger partial charge in [-0.2, -0.15) is 0 Å². The van der Waals surface area contributed by atoms with E-state index in [0.717, 1.165) is 0 Å². The average molecular weight is 174 g/mol. The van der Waals surface area contributed by atoms with Crippen LogP contribution in [0.5, 0.6) is 0 Å². The second-order valence-electron chi connectivity index (χ2n) is 4.39. The molecular formula is C12H19B. The Hall–Kier alpha value is -0.715. The van der Waals surface area contributed by atoms with Gasteiger partial charge in [-0.1, -0.05) is 51.4 Å². The van der Waals surface area contributed by atoms with E-state index >= 15 is 0 Å². The first-order chi connectivity index (χ1) is 6.04. The first-order valence-electron chi connectivity index (χ1n) is 5.13. The molecule has 0 aliphatic heterocycles. The molecule has 0 bridgehead atoms. The summed E-state index contributed by atoms with van der Waals surface area (Å²) in [5.41, 5.74) is 4.48. The largest absolute Gasteiger partial charge is 0.139 e. The fourth-order valence-electron chi connectivity index (χ4n) is 2.00. The van der Waals surface area contributed by atoms with Gasteiger partial charge in [0.1, 0.15) is 7.85 Å². The molecule has 1 aromatic rings. The van der Waals surface area contributed by atoms with E-state index in [2.05, 4.69) is 53.7 Å². The van der Waals surface area contributed by atoms with E-state index in [-0.39, 0.29) is 0 Å². The molecule has 0 unspecified atom stereocenters. The summed E-state index contributed by atoms with van der Waals surface area (Å²) in [7, 11) is 2.21. The standard InChI is InChI=1S/C12H19B/c1-8(2)10-6-5-7-11(13)12(10)9(3)4/h5-9H,13H2,1-4H3. The molecule has 13 heavy (non-hydrogen) atoms. The van der Waals surface area contributed by atoms with Crippen molar-refractivity contribution in [3.63, 3.8) is 0 Å². The molecule has 1 aromatic carbocycles. The van der Waals surface area contributed by atoms with E-state index < -0.39 is 0 Å². The Bertz CT molecular complexity index is 287. The summed E-state index contributed by atoms with van der Waals surface area (Å²) in [6, 6.07) is 6.63. The quantitative estimate of drug-likeness (QED) is 0.603. The van der Waals surface area contributed by atoms with Crippen LogP contribution < -0.4 is 5.46 Å². The molecule has 0 amide bonds. The summed E-state index contributed by atoms with van der Waals surface area (Å²) in [5, 5.41) is 0. The van der Waals surface area contributed by atoms with Crippen molar-refractivity contribution in [1.82, 2.24) is 0 Å². The number of hydrogen-bond donors (Lipinski definition) is 0. The highest BCUT2D eigenvalue weighted by Crippen LogP contribution is 2.23. The van der Waals surface area contributed by atoms with Crippen LogP contribution in [0.2, 0.25) is 0 Å². The zero-order valence-corrected chi connectivity index (χ0v) is 9.39. The fourth-order valence-corrected chi connectivity index (χ4v) is 2.00. The van der Waals surface area contributed by atoms with E-state index in [1.807, 2.05) is 0 Å². The van der Waals surface area contributed by atoms with Gasteiger partial charge in [-0.05, 0) is 23.0 Å². The molecule has 0 spiro atoms. The van der Waals surface area contributed by atoms with E-state index in [9.17, 15) is 0 Å². The summed E-state index contributed by atoms with van der Waals surface area (Å²) in [6.07, 6.45) is 0. The van der Waals surface area contributed by atoms with Crippen molar-refractivity contribution < 1.29 is 0 Å². The molecule has 0 saturated heterocycles. The number of benzene rings is 1. The second kappa shape index (κ2) is 4.00. The van der Waals surface area contributed by atoms with Crippen molar-refractivity contribution in [2.24, 2.45) is 0 Å². The molecule has 0 atom stereocenters. The lowest BCUT2D eigenvalue weighted by Gasteiger charge is -2.18. The van der Waals surface area contributed by atoms with Gasteiger partial charge in [0.15, 0.2) is 0 Å². The molecule has 0 aromatic heterocycles. The first kappa shape index (κ1) is 10.4. The molecule has 0 N–H and O–H groups in total. The maximum absolute atomic E-state index is 2.27. The maximum Gasteiger partial charge on any atom is 0.139 e. The SMILES string of the molecule is Bc1cccc(C(C)C)c1C(C)C. The molecule has 0 nitrogen and oxygen atoms in total. The Kier molecular flexibility index (Phi) is 3.19. The van der Waals surface area contributed by atoms with E-state index in [0.29, 0.717) is 11.8 Å². The van der Waals surface area contributed by atoms with Crippen LogP contribution in [-0.2, 0) is 0 Å². The molecule has 0 aliphatic carbocycles. The zero-order chi connectivity index (χ0) is 10.0. The third-order valence-electron chi connectivity index (χ3n) is 2.56. The van der Waals surface area contributed by atoms with Gasteiger partial charge < -0.3 is 0 Å². The Balaban J connectivity index is 3.26. The van der Waals surface area contributed by atoms with Gasteiger partial charge in [0.25, 0.3) is 0 Å². The van der Waals surface area contributed by atoms with E-state index in [4.69, 9.17) is 0 Å². The lowest BCUT2D eigenvalue weighted by Crippen LogP contribution is -2.15. The van der Waals surface area contributed by atoms with Crippen LogP contribution in [0.3, 0.4) is 0 Å². The Morgan fingerprint density at radius 1 is 1.00 bits per heavy atom. The summed E-state index contributed by atoms with van der Waals surface area (Å²) < 4.78 is 0. The van der Waals surface area contributed by atoms with Crippen molar-refractivity contribution in [3.8, 4) is 0 Å². The minimum atomic E-state index is 0.636. The third-order valence-corrected chi connectivity index (χ3v) is 2.56. The number of rotatable bonds is 2. The third kappa shape index (κ3) is 2.15. The lowest BCUT2D eigenvalue weighted by molar-refractivity contribution is 0.795. The zero-order valence-electron chi connectivity index (χ0n) is 9.39. The predicted octanol–water partition coefficient (Wildman–Crippen LogP) is 2.19. The summed E-state index contributed by atoms with van der Waals surface area (Å²) in [6.45, 7) is 9.07. The minimum absolute atomic E-state index is 0.636. The van der Waals surface area contributed by atoms with Crippen LogP contribution in [-0.4, -0.2) is 7.85 Å². The van der Waals surface area contributed by atoms with Gasteiger partial charge in [0.05, 0.1) is 0 Å². The normalized spacial score (nSPS) is 11.2. The van der Waals surface area contributed by atoms with Gasteiger partial charge in [0.2, 0.25) is 0 Å². The maximum atomic E-state index is 2.27. The van der Waals surface area contributed by atoms with Crippen LogP contribution >= 0.6 is 0 Å². The van der Waals surface area contributed by atoms with Crippen molar-refractivity contribution in [2.75, 3.05) is 0 Å². The van der Waals surface area contributed by atoms with Crippen molar-refractivity contribution in [2.45, 2.75) is 39.5 Å². The second-order valence-corrected chi connectivity index (χ2v) is 4.39. The Labute approximate surface area is 82.8 Å².